The SMILES string of the molecule is Cl.Cl.O=C(NC1CCN2CCCC2C1)[C@@H]1CCCN1. The van der Waals surface area contributed by atoms with Crippen molar-refractivity contribution in [2.24, 2.45) is 0 Å². The molecule has 0 saturated carbocycles. The molecule has 3 atom stereocenters. The molecule has 3 fully saturated rings. The van der Waals surface area contributed by atoms with Gasteiger partial charge in [0.2, 0.25) is 5.91 Å². The van der Waals surface area contributed by atoms with Crippen LogP contribution < -0.4 is 10.6 Å². The first-order valence-corrected chi connectivity index (χ1v) is 7.11. The Morgan fingerprint density at radius 2 is 1.95 bits per heavy atom. The molecule has 3 aliphatic rings. The molecule has 2 unspecified atom stereocenters. The quantitative estimate of drug-likeness (QED) is 0.809. The summed E-state index contributed by atoms with van der Waals surface area (Å²) in [5, 5.41) is 6.52. The molecule has 0 spiro atoms. The van der Waals surface area contributed by atoms with Crippen LogP contribution in [0.3, 0.4) is 0 Å². The molecule has 0 bridgehead atoms. The molecule has 0 aromatic rings. The van der Waals surface area contributed by atoms with E-state index in [9.17, 15) is 4.79 Å². The first kappa shape index (κ1) is 17.0. The third kappa shape index (κ3) is 3.97. The second-order valence-electron chi connectivity index (χ2n) is 5.71. The van der Waals surface area contributed by atoms with E-state index >= 15 is 0 Å². The summed E-state index contributed by atoms with van der Waals surface area (Å²) in [6.07, 6.45) is 7.12. The number of hydrogen-bond acceptors (Lipinski definition) is 3. The molecule has 3 saturated heterocycles. The van der Waals surface area contributed by atoms with Gasteiger partial charge in [-0.2, -0.15) is 0 Å². The molecule has 1 amide bonds. The lowest BCUT2D eigenvalue weighted by Gasteiger charge is -2.35. The van der Waals surface area contributed by atoms with Crippen LogP contribution in [0.4, 0.5) is 0 Å². The zero-order valence-electron chi connectivity index (χ0n) is 11.3. The molecule has 3 heterocycles. The van der Waals surface area contributed by atoms with Gasteiger partial charge in [-0.25, -0.2) is 0 Å². The van der Waals surface area contributed by atoms with Gasteiger partial charge in [0.05, 0.1) is 6.04 Å². The van der Waals surface area contributed by atoms with Crippen LogP contribution in [0.1, 0.15) is 38.5 Å². The van der Waals surface area contributed by atoms with E-state index in [1.165, 1.54) is 32.4 Å². The highest BCUT2D eigenvalue weighted by atomic mass is 35.5. The highest BCUT2D eigenvalue weighted by molar-refractivity contribution is 5.85. The normalized spacial score (nSPS) is 34.0. The highest BCUT2D eigenvalue weighted by Gasteiger charge is 2.33. The molecular formula is C13H25Cl2N3O. The van der Waals surface area contributed by atoms with E-state index in [0.29, 0.717) is 6.04 Å². The Kier molecular flexibility index (Phi) is 6.87. The second-order valence-corrected chi connectivity index (χ2v) is 5.71. The average molecular weight is 310 g/mol. The van der Waals surface area contributed by atoms with Crippen LogP contribution >= 0.6 is 24.8 Å². The van der Waals surface area contributed by atoms with Crippen molar-refractivity contribution in [1.29, 1.82) is 0 Å². The number of halogens is 2. The fourth-order valence-corrected chi connectivity index (χ4v) is 3.57. The maximum atomic E-state index is 12.0. The van der Waals surface area contributed by atoms with Gasteiger partial charge in [-0.1, -0.05) is 0 Å². The maximum absolute atomic E-state index is 12.0. The molecule has 3 aliphatic heterocycles. The topological polar surface area (TPSA) is 44.4 Å². The first-order chi connectivity index (χ1) is 8.33. The lowest BCUT2D eigenvalue weighted by atomic mass is 9.97. The van der Waals surface area contributed by atoms with Gasteiger partial charge in [0.1, 0.15) is 0 Å². The molecule has 0 aromatic carbocycles. The van der Waals surface area contributed by atoms with Gasteiger partial charge in [-0.15, -0.1) is 24.8 Å². The number of hydrogen-bond donors (Lipinski definition) is 2. The fraction of sp³-hybridized carbons (Fsp3) is 0.923. The Labute approximate surface area is 127 Å². The highest BCUT2D eigenvalue weighted by Crippen LogP contribution is 2.26. The summed E-state index contributed by atoms with van der Waals surface area (Å²) >= 11 is 0. The van der Waals surface area contributed by atoms with Crippen molar-refractivity contribution in [3.05, 3.63) is 0 Å². The molecule has 6 heteroatoms. The number of rotatable bonds is 2. The Hall–Kier alpha value is -0.0300. The summed E-state index contributed by atoms with van der Waals surface area (Å²) < 4.78 is 0. The minimum Gasteiger partial charge on any atom is -0.352 e. The van der Waals surface area contributed by atoms with E-state index in [0.717, 1.165) is 31.8 Å². The van der Waals surface area contributed by atoms with Crippen molar-refractivity contribution in [3.8, 4) is 0 Å². The van der Waals surface area contributed by atoms with Crippen molar-refractivity contribution >= 4 is 30.7 Å². The number of piperidine rings is 1. The zero-order chi connectivity index (χ0) is 11.7. The van der Waals surface area contributed by atoms with Crippen LogP contribution in [0.2, 0.25) is 0 Å². The van der Waals surface area contributed by atoms with Crippen LogP contribution in [0, 0.1) is 0 Å². The Bertz CT molecular complexity index is 298. The minimum atomic E-state index is 0. The van der Waals surface area contributed by atoms with Crippen molar-refractivity contribution in [2.75, 3.05) is 19.6 Å². The smallest absolute Gasteiger partial charge is 0.237 e. The van der Waals surface area contributed by atoms with Gasteiger partial charge in [-0.3, -0.25) is 4.79 Å². The molecular weight excluding hydrogens is 285 g/mol. The van der Waals surface area contributed by atoms with E-state index in [2.05, 4.69) is 15.5 Å². The van der Waals surface area contributed by atoms with E-state index in [-0.39, 0.29) is 36.8 Å². The van der Waals surface area contributed by atoms with E-state index in [1.807, 2.05) is 0 Å². The molecule has 3 rings (SSSR count). The molecule has 4 nitrogen and oxygen atoms in total. The Morgan fingerprint density at radius 3 is 2.68 bits per heavy atom. The van der Waals surface area contributed by atoms with E-state index < -0.39 is 0 Å². The fourth-order valence-electron chi connectivity index (χ4n) is 3.57. The second kappa shape index (κ2) is 7.67. The maximum Gasteiger partial charge on any atom is 0.237 e. The summed E-state index contributed by atoms with van der Waals surface area (Å²) in [5.74, 6) is 0.235. The largest absolute Gasteiger partial charge is 0.352 e. The summed E-state index contributed by atoms with van der Waals surface area (Å²) in [4.78, 5) is 14.6. The summed E-state index contributed by atoms with van der Waals surface area (Å²) in [7, 11) is 0. The summed E-state index contributed by atoms with van der Waals surface area (Å²) in [6, 6.07) is 1.24. The van der Waals surface area contributed by atoms with E-state index in [1.54, 1.807) is 0 Å². The van der Waals surface area contributed by atoms with Crippen LogP contribution in [0.15, 0.2) is 0 Å². The number of fused-ring (bicyclic) bond motifs is 1. The number of nitrogens with one attached hydrogen (secondary N) is 2. The van der Waals surface area contributed by atoms with Crippen molar-refractivity contribution in [1.82, 2.24) is 15.5 Å². The van der Waals surface area contributed by atoms with Gasteiger partial charge >= 0.3 is 0 Å². The van der Waals surface area contributed by atoms with Crippen LogP contribution in [-0.2, 0) is 4.79 Å². The average Bonchev–Trinajstić information content (AvgIpc) is 2.99. The van der Waals surface area contributed by atoms with Crippen molar-refractivity contribution in [3.63, 3.8) is 0 Å². The zero-order valence-corrected chi connectivity index (χ0v) is 12.9. The lowest BCUT2D eigenvalue weighted by molar-refractivity contribution is -0.123. The van der Waals surface area contributed by atoms with Gasteiger partial charge in [0.25, 0.3) is 0 Å². The molecule has 0 radical (unpaired) electrons. The van der Waals surface area contributed by atoms with Gasteiger partial charge < -0.3 is 15.5 Å². The number of nitrogens with zero attached hydrogens (tertiary/aromatic N) is 1. The predicted octanol–water partition coefficient (Wildman–Crippen LogP) is 1.32. The monoisotopic (exact) mass is 309 g/mol. The summed E-state index contributed by atoms with van der Waals surface area (Å²) in [5.41, 5.74) is 0. The molecule has 2 N–H and O–H groups in total. The van der Waals surface area contributed by atoms with Gasteiger partial charge in [0.15, 0.2) is 0 Å². The minimum absolute atomic E-state index is 0. The number of carbonyl (C=O) groups excluding carboxylic acids is 1. The van der Waals surface area contributed by atoms with Crippen LogP contribution in [0.25, 0.3) is 0 Å². The first-order valence-electron chi connectivity index (χ1n) is 7.11. The summed E-state index contributed by atoms with van der Waals surface area (Å²) in [6.45, 7) is 3.45. The standard InChI is InChI=1S/C13H23N3O.2ClH/c17-13(12-4-1-6-14-12)15-10-5-8-16-7-2-3-11(16)9-10;;/h10-12,14H,1-9H2,(H,15,17);2*1H/t10?,11?,12-;;/m0../s1. The molecule has 19 heavy (non-hydrogen) atoms. The Morgan fingerprint density at radius 1 is 1.11 bits per heavy atom. The van der Waals surface area contributed by atoms with Gasteiger partial charge in [0, 0.05) is 18.6 Å². The third-order valence-electron chi connectivity index (χ3n) is 4.54. The van der Waals surface area contributed by atoms with Crippen LogP contribution in [0.5, 0.6) is 0 Å². The van der Waals surface area contributed by atoms with Crippen LogP contribution in [-0.4, -0.2) is 48.6 Å². The Balaban J connectivity index is 0.000000902. The number of carbonyl (C=O) groups is 1. The van der Waals surface area contributed by atoms with Crippen molar-refractivity contribution in [2.45, 2.75) is 56.7 Å². The third-order valence-corrected chi connectivity index (χ3v) is 4.54. The van der Waals surface area contributed by atoms with Crippen molar-refractivity contribution < 1.29 is 4.79 Å². The predicted molar refractivity (Wildman–Crippen MR) is 81.3 cm³/mol. The molecule has 0 aromatic heterocycles. The van der Waals surface area contributed by atoms with Gasteiger partial charge in [-0.05, 0) is 51.6 Å². The van der Waals surface area contributed by atoms with E-state index in [4.69, 9.17) is 0 Å². The lowest BCUT2D eigenvalue weighted by Crippen LogP contribution is -2.51. The molecule has 112 valence electrons. The number of amides is 1. The molecule has 0 aliphatic carbocycles.